The number of piperidine rings is 1. The molecule has 0 spiro atoms. The molecule has 2 heterocycles. The first-order valence-corrected chi connectivity index (χ1v) is 8.75. The van der Waals surface area contributed by atoms with Crippen LogP contribution in [0.3, 0.4) is 0 Å². The van der Waals surface area contributed by atoms with Crippen LogP contribution < -0.4 is 5.56 Å². The zero-order valence-corrected chi connectivity index (χ0v) is 15.0. The summed E-state index contributed by atoms with van der Waals surface area (Å²) in [7, 11) is 3.25. The number of nitrogens with zero attached hydrogens (tertiary/aromatic N) is 2. The van der Waals surface area contributed by atoms with Gasteiger partial charge in [0.15, 0.2) is 0 Å². The fraction of sp³-hybridized carbons (Fsp3) is 0.400. The Bertz CT molecular complexity index is 849. The first kappa shape index (κ1) is 18.3. The summed E-state index contributed by atoms with van der Waals surface area (Å²) in [6.45, 7) is 0.563. The maximum atomic E-state index is 14.1. The van der Waals surface area contributed by atoms with Crippen LogP contribution in [0.2, 0.25) is 0 Å². The number of aromatic nitrogens is 1. The molecule has 0 saturated carbocycles. The van der Waals surface area contributed by atoms with E-state index < -0.39 is 0 Å². The Kier molecular flexibility index (Phi) is 5.52. The maximum Gasteiger partial charge on any atom is 0.254 e. The normalized spacial score (nSPS) is 20.2. The van der Waals surface area contributed by atoms with Crippen molar-refractivity contribution in [1.29, 1.82) is 0 Å². The van der Waals surface area contributed by atoms with Crippen LogP contribution in [0, 0.1) is 5.82 Å². The van der Waals surface area contributed by atoms with E-state index in [0.29, 0.717) is 24.1 Å². The van der Waals surface area contributed by atoms with Crippen molar-refractivity contribution in [3.8, 4) is 0 Å². The lowest BCUT2D eigenvalue weighted by molar-refractivity contribution is -0.0120. The summed E-state index contributed by atoms with van der Waals surface area (Å²) in [6.07, 6.45) is 3.42. The van der Waals surface area contributed by atoms with Crippen molar-refractivity contribution in [2.24, 2.45) is 7.05 Å². The largest absolute Gasteiger partial charge is 0.379 e. The number of aryl methyl sites for hydroxylation is 1. The molecule has 0 unspecified atom stereocenters. The van der Waals surface area contributed by atoms with Crippen LogP contribution in [-0.4, -0.2) is 41.2 Å². The average molecular weight is 358 g/mol. The molecule has 1 amide bonds. The smallest absolute Gasteiger partial charge is 0.254 e. The second-order valence-electron chi connectivity index (χ2n) is 6.64. The van der Waals surface area contributed by atoms with E-state index in [1.165, 1.54) is 16.7 Å². The number of carbonyl (C=O) groups is 1. The fourth-order valence-electron chi connectivity index (χ4n) is 3.53. The van der Waals surface area contributed by atoms with E-state index in [4.69, 9.17) is 4.74 Å². The van der Waals surface area contributed by atoms with Crippen molar-refractivity contribution < 1.29 is 13.9 Å². The van der Waals surface area contributed by atoms with Gasteiger partial charge in [-0.15, -0.1) is 0 Å². The molecule has 0 N–H and O–H groups in total. The van der Waals surface area contributed by atoms with Crippen molar-refractivity contribution in [2.45, 2.75) is 31.4 Å². The number of halogens is 1. The molecule has 1 aliphatic rings. The van der Waals surface area contributed by atoms with Crippen molar-refractivity contribution >= 4 is 5.91 Å². The SMILES string of the molecule is CO[C@H]1CCCN(C(=O)c2ccn(C)c(=O)c2)[C@H]1Cc1ccccc1F. The van der Waals surface area contributed by atoms with Gasteiger partial charge in [-0.25, -0.2) is 4.39 Å². The Hall–Kier alpha value is -2.47. The number of hydrogen-bond acceptors (Lipinski definition) is 3. The number of carbonyl (C=O) groups excluding carboxylic acids is 1. The minimum atomic E-state index is -0.283. The molecule has 1 saturated heterocycles. The minimum Gasteiger partial charge on any atom is -0.379 e. The molecule has 26 heavy (non-hydrogen) atoms. The number of benzene rings is 1. The molecular formula is C20H23FN2O3. The van der Waals surface area contributed by atoms with Gasteiger partial charge in [0.05, 0.1) is 12.1 Å². The molecule has 2 aromatic rings. The molecule has 0 aliphatic carbocycles. The lowest BCUT2D eigenvalue weighted by Gasteiger charge is -2.41. The lowest BCUT2D eigenvalue weighted by Crippen LogP contribution is -2.53. The second-order valence-corrected chi connectivity index (χ2v) is 6.64. The van der Waals surface area contributed by atoms with Crippen molar-refractivity contribution in [2.75, 3.05) is 13.7 Å². The highest BCUT2D eigenvalue weighted by atomic mass is 19.1. The van der Waals surface area contributed by atoms with E-state index in [-0.39, 0.29) is 29.4 Å². The predicted octanol–water partition coefficient (Wildman–Crippen LogP) is 2.39. The molecule has 138 valence electrons. The molecule has 6 heteroatoms. The standard InChI is InChI=1S/C20H23FN2O3/c1-22-11-9-15(13-19(22)24)20(25)23-10-5-8-18(26-2)17(23)12-14-6-3-4-7-16(14)21/h3-4,6-7,9,11,13,17-18H,5,8,10,12H2,1-2H3/t17-,18-/m0/s1. The van der Waals surface area contributed by atoms with Gasteiger partial charge in [0.1, 0.15) is 5.82 Å². The zero-order chi connectivity index (χ0) is 18.7. The zero-order valence-electron chi connectivity index (χ0n) is 15.0. The van der Waals surface area contributed by atoms with E-state index >= 15 is 0 Å². The van der Waals surface area contributed by atoms with E-state index in [2.05, 4.69) is 0 Å². The van der Waals surface area contributed by atoms with Crippen molar-refractivity contribution in [3.05, 3.63) is 69.9 Å². The summed E-state index contributed by atoms with van der Waals surface area (Å²) in [5.41, 5.74) is 0.674. The van der Waals surface area contributed by atoms with E-state index in [9.17, 15) is 14.0 Å². The van der Waals surface area contributed by atoms with Crippen LogP contribution in [0.5, 0.6) is 0 Å². The summed E-state index contributed by atoms with van der Waals surface area (Å²) in [5.74, 6) is -0.500. The van der Waals surface area contributed by atoms with Crippen LogP contribution in [0.15, 0.2) is 47.4 Å². The maximum absolute atomic E-state index is 14.1. The van der Waals surface area contributed by atoms with Crippen LogP contribution in [0.4, 0.5) is 4.39 Å². The number of rotatable bonds is 4. The third-order valence-corrected chi connectivity index (χ3v) is 5.02. The number of likely N-dealkylation sites (tertiary alicyclic amines) is 1. The monoisotopic (exact) mass is 358 g/mol. The first-order chi connectivity index (χ1) is 12.5. The minimum absolute atomic E-state index is 0.168. The van der Waals surface area contributed by atoms with Gasteiger partial charge in [0.25, 0.3) is 11.5 Å². The number of hydrogen-bond donors (Lipinski definition) is 0. The highest BCUT2D eigenvalue weighted by Crippen LogP contribution is 2.26. The van der Waals surface area contributed by atoms with Gasteiger partial charge in [-0.05, 0) is 37.0 Å². The average Bonchev–Trinajstić information content (AvgIpc) is 2.65. The van der Waals surface area contributed by atoms with Gasteiger partial charge >= 0.3 is 0 Å². The molecule has 1 aromatic heterocycles. The third kappa shape index (κ3) is 3.70. The van der Waals surface area contributed by atoms with Crippen LogP contribution in [0.25, 0.3) is 0 Å². The summed E-state index contributed by atoms with van der Waals surface area (Å²) < 4.78 is 21.1. The summed E-state index contributed by atoms with van der Waals surface area (Å²) in [4.78, 5) is 26.6. The van der Waals surface area contributed by atoms with Gasteiger partial charge in [0, 0.05) is 38.5 Å². The van der Waals surface area contributed by atoms with Crippen molar-refractivity contribution in [1.82, 2.24) is 9.47 Å². The van der Waals surface area contributed by atoms with Crippen LogP contribution >= 0.6 is 0 Å². The summed E-state index contributed by atoms with van der Waals surface area (Å²) in [6, 6.07) is 9.30. The molecular weight excluding hydrogens is 335 g/mol. The van der Waals surface area contributed by atoms with Crippen LogP contribution in [-0.2, 0) is 18.2 Å². The molecule has 3 rings (SSSR count). The van der Waals surface area contributed by atoms with Gasteiger partial charge in [-0.3, -0.25) is 9.59 Å². The molecule has 1 aliphatic heterocycles. The van der Waals surface area contributed by atoms with Gasteiger partial charge in [-0.2, -0.15) is 0 Å². The van der Waals surface area contributed by atoms with Crippen molar-refractivity contribution in [3.63, 3.8) is 0 Å². The third-order valence-electron chi connectivity index (χ3n) is 5.02. The van der Waals surface area contributed by atoms with Gasteiger partial charge in [0.2, 0.25) is 0 Å². The molecule has 0 bridgehead atoms. The van der Waals surface area contributed by atoms with Gasteiger partial charge in [-0.1, -0.05) is 18.2 Å². The lowest BCUT2D eigenvalue weighted by atomic mass is 9.92. The summed E-state index contributed by atoms with van der Waals surface area (Å²) in [5, 5.41) is 0. The molecule has 0 radical (unpaired) electrons. The van der Waals surface area contributed by atoms with Gasteiger partial charge < -0.3 is 14.2 Å². The van der Waals surface area contributed by atoms with E-state index in [1.54, 1.807) is 49.5 Å². The molecule has 5 nitrogen and oxygen atoms in total. The quantitative estimate of drug-likeness (QED) is 0.843. The Balaban J connectivity index is 1.91. The Morgan fingerprint density at radius 1 is 1.31 bits per heavy atom. The van der Waals surface area contributed by atoms with E-state index in [1.807, 2.05) is 0 Å². The topological polar surface area (TPSA) is 51.5 Å². The predicted molar refractivity (Wildman–Crippen MR) is 96.6 cm³/mol. The molecule has 1 fully saturated rings. The Morgan fingerprint density at radius 2 is 2.08 bits per heavy atom. The number of pyridine rings is 1. The second kappa shape index (κ2) is 7.83. The Labute approximate surface area is 152 Å². The highest BCUT2D eigenvalue weighted by Gasteiger charge is 2.35. The highest BCUT2D eigenvalue weighted by molar-refractivity contribution is 5.94. The Morgan fingerprint density at radius 3 is 2.77 bits per heavy atom. The number of amides is 1. The number of methoxy groups -OCH3 is 1. The summed E-state index contributed by atoms with van der Waals surface area (Å²) >= 11 is 0. The fourth-order valence-corrected chi connectivity index (χ4v) is 3.53. The molecule has 2 atom stereocenters. The molecule has 1 aromatic carbocycles. The van der Waals surface area contributed by atoms with Crippen LogP contribution in [0.1, 0.15) is 28.8 Å². The van der Waals surface area contributed by atoms with E-state index in [0.717, 1.165) is 12.8 Å². The first-order valence-electron chi connectivity index (χ1n) is 8.75. The number of ether oxygens (including phenoxy) is 1.